The van der Waals surface area contributed by atoms with E-state index in [-0.39, 0.29) is 5.95 Å². The second-order valence-corrected chi connectivity index (χ2v) is 6.47. The molecule has 0 atom stereocenters. The third-order valence-electron chi connectivity index (χ3n) is 3.50. The zero-order valence-corrected chi connectivity index (χ0v) is 16.6. The molecule has 1 aromatic heterocycles. The number of nitrogens with two attached hydrogens (primary N) is 1. The highest BCUT2D eigenvalue weighted by Gasteiger charge is 2.09. The molecule has 4 N–H and O–H groups in total. The highest BCUT2D eigenvalue weighted by molar-refractivity contribution is 7.99. The van der Waals surface area contributed by atoms with Gasteiger partial charge in [-0.25, -0.2) is 5.10 Å². The molecule has 0 saturated carbocycles. The summed E-state index contributed by atoms with van der Waals surface area (Å²) in [5.74, 6) is 1.61. The van der Waals surface area contributed by atoms with Crippen LogP contribution < -0.4 is 15.8 Å². The van der Waals surface area contributed by atoms with Crippen LogP contribution in [0.5, 0.6) is 5.75 Å². The Morgan fingerprint density at radius 2 is 1.69 bits per heavy atom. The van der Waals surface area contributed by atoms with E-state index in [2.05, 4.69) is 58.6 Å². The van der Waals surface area contributed by atoms with Crippen LogP contribution in [0.15, 0.2) is 46.2 Å². The predicted molar refractivity (Wildman–Crippen MR) is 108 cm³/mol. The molecule has 6 nitrogen and oxygen atoms in total. The fourth-order valence-corrected chi connectivity index (χ4v) is 3.35. The van der Waals surface area contributed by atoms with E-state index in [0.717, 1.165) is 11.4 Å². The standard InChI is InChI=1S/C17H19N5OS.C2H6/c1-10-8-12(19-17-20-16(18)21-22-17)9-11(2)15(10)24-14-6-4-13(23-3)5-7-14;1-2/h4-9H,1-3H3,(H4,18,19,20,21,22);1-2H3. The van der Waals surface area contributed by atoms with E-state index in [1.807, 2.05) is 26.0 Å². The van der Waals surface area contributed by atoms with E-state index < -0.39 is 0 Å². The quantitative estimate of drug-likeness (QED) is 0.589. The van der Waals surface area contributed by atoms with Crippen LogP contribution in [0.2, 0.25) is 0 Å². The number of nitrogen functional groups attached to an aromatic ring is 1. The van der Waals surface area contributed by atoms with E-state index in [1.165, 1.54) is 20.9 Å². The first-order valence-corrected chi connectivity index (χ1v) is 9.25. The molecule has 2 aromatic carbocycles. The average Bonchev–Trinajstić information content (AvgIpc) is 3.05. The van der Waals surface area contributed by atoms with Crippen molar-refractivity contribution in [1.29, 1.82) is 0 Å². The minimum atomic E-state index is 0.289. The fourth-order valence-electron chi connectivity index (χ4n) is 2.40. The van der Waals surface area contributed by atoms with E-state index in [0.29, 0.717) is 5.95 Å². The molecule has 3 aromatic rings. The number of methoxy groups -OCH3 is 1. The summed E-state index contributed by atoms with van der Waals surface area (Å²) in [7, 11) is 1.67. The minimum absolute atomic E-state index is 0.289. The average molecular weight is 372 g/mol. The van der Waals surface area contributed by atoms with E-state index in [1.54, 1.807) is 18.9 Å². The molecule has 0 bridgehead atoms. The summed E-state index contributed by atoms with van der Waals surface area (Å²) < 4.78 is 5.20. The van der Waals surface area contributed by atoms with Crippen LogP contribution in [0.4, 0.5) is 17.6 Å². The molecule has 0 aliphatic heterocycles. The van der Waals surface area contributed by atoms with Gasteiger partial charge in [-0.3, -0.25) is 0 Å². The van der Waals surface area contributed by atoms with Crippen molar-refractivity contribution in [2.24, 2.45) is 0 Å². The summed E-state index contributed by atoms with van der Waals surface area (Å²) in [6.45, 7) is 8.19. The summed E-state index contributed by atoms with van der Waals surface area (Å²) in [5, 5.41) is 9.75. The molecule has 0 spiro atoms. The predicted octanol–water partition coefficient (Wildman–Crippen LogP) is 4.93. The Labute approximate surface area is 158 Å². The second kappa shape index (κ2) is 9.15. The SMILES string of the molecule is CC.COc1ccc(Sc2c(C)cc(Nc3n[nH]c(N)n3)cc2C)cc1. The monoisotopic (exact) mass is 371 g/mol. The van der Waals surface area contributed by atoms with Gasteiger partial charge in [0.2, 0.25) is 11.9 Å². The van der Waals surface area contributed by atoms with Crippen molar-refractivity contribution in [3.8, 4) is 5.75 Å². The van der Waals surface area contributed by atoms with Crippen molar-refractivity contribution in [2.75, 3.05) is 18.2 Å². The van der Waals surface area contributed by atoms with Crippen LogP contribution >= 0.6 is 11.8 Å². The van der Waals surface area contributed by atoms with Gasteiger partial charge >= 0.3 is 0 Å². The smallest absolute Gasteiger partial charge is 0.248 e. The maximum atomic E-state index is 5.54. The molecule has 26 heavy (non-hydrogen) atoms. The molecule has 0 amide bonds. The van der Waals surface area contributed by atoms with Crippen molar-refractivity contribution < 1.29 is 4.74 Å². The number of nitrogens with one attached hydrogen (secondary N) is 2. The topological polar surface area (TPSA) is 88.8 Å². The molecule has 138 valence electrons. The van der Waals surface area contributed by atoms with E-state index >= 15 is 0 Å². The molecule has 0 aliphatic carbocycles. The van der Waals surface area contributed by atoms with Crippen LogP contribution in [-0.2, 0) is 0 Å². The normalized spacial score (nSPS) is 10.0. The summed E-state index contributed by atoms with van der Waals surface area (Å²) >= 11 is 1.74. The van der Waals surface area contributed by atoms with E-state index in [4.69, 9.17) is 10.5 Å². The van der Waals surface area contributed by atoms with Gasteiger partial charge in [0.25, 0.3) is 0 Å². The van der Waals surface area contributed by atoms with Gasteiger partial charge in [-0.05, 0) is 61.4 Å². The van der Waals surface area contributed by atoms with Gasteiger partial charge < -0.3 is 15.8 Å². The van der Waals surface area contributed by atoms with Gasteiger partial charge in [0.05, 0.1) is 7.11 Å². The number of aromatic nitrogens is 3. The number of aromatic amines is 1. The number of hydrogen-bond donors (Lipinski definition) is 3. The summed E-state index contributed by atoms with van der Waals surface area (Å²) in [5.41, 5.74) is 8.84. The molecule has 7 heteroatoms. The number of anilines is 3. The van der Waals surface area contributed by atoms with Crippen molar-refractivity contribution in [3.05, 3.63) is 47.5 Å². The second-order valence-electron chi connectivity index (χ2n) is 5.39. The van der Waals surface area contributed by atoms with Crippen LogP contribution in [-0.4, -0.2) is 22.3 Å². The first-order chi connectivity index (χ1) is 12.5. The highest BCUT2D eigenvalue weighted by Crippen LogP contribution is 2.35. The Hall–Kier alpha value is -2.67. The number of ether oxygens (including phenoxy) is 1. The van der Waals surface area contributed by atoms with Crippen molar-refractivity contribution in [2.45, 2.75) is 37.5 Å². The Morgan fingerprint density at radius 3 is 2.19 bits per heavy atom. The van der Waals surface area contributed by atoms with Gasteiger partial charge in [0.15, 0.2) is 0 Å². The highest BCUT2D eigenvalue weighted by atomic mass is 32.2. The molecular weight excluding hydrogens is 346 g/mol. The van der Waals surface area contributed by atoms with Crippen LogP contribution in [0.1, 0.15) is 25.0 Å². The van der Waals surface area contributed by atoms with Gasteiger partial charge in [0.1, 0.15) is 5.75 Å². The van der Waals surface area contributed by atoms with Crippen molar-refractivity contribution >= 4 is 29.3 Å². The Morgan fingerprint density at radius 1 is 1.08 bits per heavy atom. The molecule has 0 aliphatic rings. The lowest BCUT2D eigenvalue weighted by molar-refractivity contribution is 0.414. The first kappa shape index (κ1) is 19.7. The summed E-state index contributed by atoms with van der Waals surface area (Å²) in [4.78, 5) is 6.46. The summed E-state index contributed by atoms with van der Waals surface area (Å²) in [6, 6.07) is 12.2. The van der Waals surface area contributed by atoms with Crippen LogP contribution in [0.3, 0.4) is 0 Å². The van der Waals surface area contributed by atoms with Gasteiger partial charge in [-0.1, -0.05) is 25.6 Å². The van der Waals surface area contributed by atoms with E-state index in [9.17, 15) is 0 Å². The Kier molecular flexibility index (Phi) is 6.91. The van der Waals surface area contributed by atoms with Crippen molar-refractivity contribution in [1.82, 2.24) is 15.2 Å². The van der Waals surface area contributed by atoms with Crippen molar-refractivity contribution in [3.63, 3.8) is 0 Å². The van der Waals surface area contributed by atoms with Gasteiger partial charge in [-0.2, -0.15) is 4.98 Å². The largest absolute Gasteiger partial charge is 0.497 e. The number of aryl methyl sites for hydroxylation is 2. The maximum Gasteiger partial charge on any atom is 0.248 e. The molecule has 0 saturated heterocycles. The Balaban J connectivity index is 0.00000117. The lowest BCUT2D eigenvalue weighted by atomic mass is 10.1. The number of nitrogens with zero attached hydrogens (tertiary/aromatic N) is 2. The Bertz CT molecular complexity index is 822. The maximum absolute atomic E-state index is 5.54. The fraction of sp³-hybridized carbons (Fsp3) is 0.263. The molecule has 0 unspecified atom stereocenters. The minimum Gasteiger partial charge on any atom is -0.497 e. The molecule has 3 rings (SSSR count). The number of hydrogen-bond acceptors (Lipinski definition) is 6. The molecular formula is C19H25N5OS. The van der Waals surface area contributed by atoms with Gasteiger partial charge in [0, 0.05) is 15.5 Å². The third kappa shape index (κ3) is 4.92. The molecule has 0 fully saturated rings. The zero-order chi connectivity index (χ0) is 19.1. The number of rotatable bonds is 5. The lowest BCUT2D eigenvalue weighted by Gasteiger charge is -2.13. The summed E-state index contributed by atoms with van der Waals surface area (Å²) in [6.07, 6.45) is 0. The third-order valence-corrected chi connectivity index (χ3v) is 4.85. The zero-order valence-electron chi connectivity index (χ0n) is 15.8. The molecule has 1 heterocycles. The van der Waals surface area contributed by atoms with Gasteiger partial charge in [-0.15, -0.1) is 5.10 Å². The first-order valence-electron chi connectivity index (χ1n) is 8.43. The molecule has 0 radical (unpaired) electrons. The van der Waals surface area contributed by atoms with Crippen LogP contribution in [0.25, 0.3) is 0 Å². The number of benzene rings is 2. The lowest BCUT2D eigenvalue weighted by Crippen LogP contribution is -1.96. The number of H-pyrrole nitrogens is 1. The van der Waals surface area contributed by atoms with Crippen LogP contribution in [0, 0.1) is 13.8 Å².